The quantitative estimate of drug-likeness (QED) is 0.309. The van der Waals surface area contributed by atoms with E-state index in [1.807, 2.05) is 44.2 Å². The predicted molar refractivity (Wildman–Crippen MR) is 136 cm³/mol. The Labute approximate surface area is 195 Å². The van der Waals surface area contributed by atoms with Gasteiger partial charge in [-0.05, 0) is 51.6 Å². The number of hydrogen-bond acceptors (Lipinski definition) is 4. The van der Waals surface area contributed by atoms with Crippen LogP contribution in [0.2, 0.25) is 0 Å². The monoisotopic (exact) mass is 459 g/mol. The summed E-state index contributed by atoms with van der Waals surface area (Å²) in [5, 5.41) is 14.6. The molecule has 0 aromatic heterocycles. The molecule has 2 aromatic carbocycles. The van der Waals surface area contributed by atoms with Gasteiger partial charge in [0.2, 0.25) is 7.37 Å². The normalized spacial score (nSPS) is 13.9. The van der Waals surface area contributed by atoms with Crippen LogP contribution in [0.15, 0.2) is 42.5 Å². The van der Waals surface area contributed by atoms with Gasteiger partial charge in [0.05, 0.1) is 0 Å². The number of aromatic hydroxyl groups is 1. The van der Waals surface area contributed by atoms with Gasteiger partial charge in [0, 0.05) is 18.9 Å². The molecule has 0 heterocycles. The van der Waals surface area contributed by atoms with Crippen LogP contribution >= 0.6 is 7.37 Å². The van der Waals surface area contributed by atoms with E-state index in [2.05, 4.69) is 59.0 Å². The third-order valence-corrected chi connectivity index (χ3v) is 8.42. The molecule has 32 heavy (non-hydrogen) atoms. The minimum absolute atomic E-state index is 0.242. The molecule has 0 aliphatic carbocycles. The van der Waals surface area contributed by atoms with Crippen molar-refractivity contribution in [1.29, 1.82) is 0 Å². The molecule has 0 amide bonds. The molecule has 4 nitrogen and oxygen atoms in total. The minimum atomic E-state index is -2.76. The average Bonchev–Trinajstić information content (AvgIpc) is 2.72. The molecule has 5 heteroatoms. The second kappa shape index (κ2) is 10.5. The van der Waals surface area contributed by atoms with Crippen LogP contribution in [0.25, 0.3) is 0 Å². The standard InChI is InChI=1S/C27H42NO3P/c1-9-32(30,10-2)31-25(28-17-16-20-14-12-11-13-15-20)21-18-22(26(3,4)5)24(29)23(19-21)27(6,7)8/h11-15,18-19,25,28-29H,9-10,16-17H2,1-8H3. The van der Waals surface area contributed by atoms with Gasteiger partial charge in [-0.15, -0.1) is 0 Å². The molecule has 0 fully saturated rings. The Hall–Kier alpha value is -1.61. The van der Waals surface area contributed by atoms with Crippen molar-refractivity contribution in [1.82, 2.24) is 5.32 Å². The molecule has 0 saturated carbocycles. The highest BCUT2D eigenvalue weighted by atomic mass is 31.2. The lowest BCUT2D eigenvalue weighted by Crippen LogP contribution is -2.27. The summed E-state index contributed by atoms with van der Waals surface area (Å²) in [6, 6.07) is 14.3. The van der Waals surface area contributed by atoms with Crippen LogP contribution < -0.4 is 5.32 Å². The Morgan fingerprint density at radius 1 is 0.938 bits per heavy atom. The molecule has 2 N–H and O–H groups in total. The third-order valence-electron chi connectivity index (χ3n) is 5.90. The highest BCUT2D eigenvalue weighted by molar-refractivity contribution is 7.58. The first-order valence-corrected chi connectivity index (χ1v) is 13.7. The van der Waals surface area contributed by atoms with Crippen LogP contribution in [0, 0.1) is 0 Å². The molecule has 178 valence electrons. The van der Waals surface area contributed by atoms with Crippen LogP contribution in [0.1, 0.15) is 83.9 Å². The van der Waals surface area contributed by atoms with Gasteiger partial charge < -0.3 is 9.63 Å². The molecule has 2 aromatic rings. The SMILES string of the molecule is CCP(=O)(CC)OC(NCCc1ccccc1)c1cc(C(C)(C)C)c(O)c(C(C)(C)C)c1. The van der Waals surface area contributed by atoms with E-state index < -0.39 is 13.6 Å². The van der Waals surface area contributed by atoms with Crippen LogP contribution in [0.3, 0.4) is 0 Å². The molecule has 0 aliphatic rings. The first kappa shape index (κ1) is 26.6. The zero-order valence-electron chi connectivity index (χ0n) is 21.2. The lowest BCUT2D eigenvalue weighted by atomic mass is 9.78. The number of benzene rings is 2. The van der Waals surface area contributed by atoms with Crippen LogP contribution in [0.5, 0.6) is 5.75 Å². The van der Waals surface area contributed by atoms with Crippen molar-refractivity contribution in [3.63, 3.8) is 0 Å². The Morgan fingerprint density at radius 3 is 1.88 bits per heavy atom. The van der Waals surface area contributed by atoms with Gasteiger partial charge in [-0.3, -0.25) is 9.88 Å². The molecule has 1 unspecified atom stereocenters. The summed E-state index contributed by atoms with van der Waals surface area (Å²) in [5.41, 5.74) is 3.42. The average molecular weight is 460 g/mol. The second-order valence-electron chi connectivity index (χ2n) is 10.6. The number of phenolic OH excluding ortho intramolecular Hbond substituents is 1. The largest absolute Gasteiger partial charge is 0.507 e. The fraction of sp³-hybridized carbons (Fsp3) is 0.556. The Bertz CT molecular complexity index is 883. The van der Waals surface area contributed by atoms with Crippen molar-refractivity contribution in [3.05, 3.63) is 64.7 Å². The lowest BCUT2D eigenvalue weighted by molar-refractivity contribution is 0.170. The second-order valence-corrected chi connectivity index (χ2v) is 13.7. The Kier molecular flexibility index (Phi) is 8.78. The van der Waals surface area contributed by atoms with Crippen LogP contribution in [-0.4, -0.2) is 24.0 Å². The van der Waals surface area contributed by atoms with E-state index >= 15 is 0 Å². The maximum absolute atomic E-state index is 13.3. The fourth-order valence-electron chi connectivity index (χ4n) is 3.72. The van der Waals surface area contributed by atoms with Crippen molar-refractivity contribution >= 4 is 7.37 Å². The molecule has 1 atom stereocenters. The Morgan fingerprint density at radius 2 is 1.44 bits per heavy atom. The summed E-state index contributed by atoms with van der Waals surface area (Å²) in [5.74, 6) is 0.339. The van der Waals surface area contributed by atoms with E-state index in [0.29, 0.717) is 24.6 Å². The maximum Gasteiger partial charge on any atom is 0.204 e. The summed E-state index contributed by atoms with van der Waals surface area (Å²) < 4.78 is 19.6. The highest BCUT2D eigenvalue weighted by Crippen LogP contribution is 2.50. The minimum Gasteiger partial charge on any atom is -0.507 e. The van der Waals surface area contributed by atoms with E-state index in [9.17, 15) is 9.67 Å². The molecular weight excluding hydrogens is 417 g/mol. The van der Waals surface area contributed by atoms with Crippen LogP contribution in [0.4, 0.5) is 0 Å². The molecule has 0 spiro atoms. The molecule has 0 aliphatic heterocycles. The lowest BCUT2D eigenvalue weighted by Gasteiger charge is -2.31. The fourth-order valence-corrected chi connectivity index (χ4v) is 5.05. The van der Waals surface area contributed by atoms with Gasteiger partial charge in [0.25, 0.3) is 0 Å². The van der Waals surface area contributed by atoms with E-state index in [4.69, 9.17) is 4.52 Å². The number of hydrogen-bond donors (Lipinski definition) is 2. The summed E-state index contributed by atoms with van der Waals surface area (Å²) in [4.78, 5) is 0. The molecule has 0 saturated heterocycles. The van der Waals surface area contributed by atoms with Crippen molar-refractivity contribution in [2.45, 2.75) is 78.9 Å². The third kappa shape index (κ3) is 6.94. The first-order chi connectivity index (χ1) is 14.8. The summed E-state index contributed by atoms with van der Waals surface area (Å²) >= 11 is 0. The van der Waals surface area contributed by atoms with E-state index in [-0.39, 0.29) is 10.8 Å². The van der Waals surface area contributed by atoms with Crippen molar-refractivity contribution in [2.24, 2.45) is 0 Å². The van der Waals surface area contributed by atoms with Crippen molar-refractivity contribution < 1.29 is 14.2 Å². The van der Waals surface area contributed by atoms with Gasteiger partial charge in [0.1, 0.15) is 12.0 Å². The van der Waals surface area contributed by atoms with Crippen molar-refractivity contribution in [2.75, 3.05) is 18.9 Å². The maximum atomic E-state index is 13.3. The zero-order valence-corrected chi connectivity index (χ0v) is 22.1. The topological polar surface area (TPSA) is 58.6 Å². The van der Waals surface area contributed by atoms with Gasteiger partial charge in [0.15, 0.2) is 0 Å². The Balaban J connectivity index is 2.49. The molecular formula is C27H42NO3P. The molecule has 0 radical (unpaired) electrons. The van der Waals surface area contributed by atoms with E-state index in [1.54, 1.807) is 0 Å². The van der Waals surface area contributed by atoms with Crippen molar-refractivity contribution in [3.8, 4) is 5.75 Å². The summed E-state index contributed by atoms with van der Waals surface area (Å²) in [6.07, 6.45) is 1.33. The van der Waals surface area contributed by atoms with Gasteiger partial charge in [-0.1, -0.05) is 85.7 Å². The van der Waals surface area contributed by atoms with E-state index in [1.165, 1.54) is 5.56 Å². The van der Waals surface area contributed by atoms with Crippen LogP contribution in [-0.2, 0) is 26.3 Å². The first-order valence-electron chi connectivity index (χ1n) is 11.7. The predicted octanol–water partition coefficient (Wildman–Crippen LogP) is 7.15. The summed E-state index contributed by atoms with van der Waals surface area (Å²) in [7, 11) is -2.76. The highest BCUT2D eigenvalue weighted by Gasteiger charge is 2.30. The van der Waals surface area contributed by atoms with Gasteiger partial charge in [-0.25, -0.2) is 0 Å². The van der Waals surface area contributed by atoms with Gasteiger partial charge in [-0.2, -0.15) is 0 Å². The zero-order chi connectivity index (χ0) is 24.2. The molecule has 0 bridgehead atoms. The number of nitrogens with one attached hydrogen (secondary N) is 1. The van der Waals surface area contributed by atoms with E-state index in [0.717, 1.165) is 23.1 Å². The van der Waals surface area contributed by atoms with Gasteiger partial charge >= 0.3 is 0 Å². The smallest absolute Gasteiger partial charge is 0.204 e. The molecule has 2 rings (SSSR count). The summed E-state index contributed by atoms with van der Waals surface area (Å²) in [6.45, 7) is 17.1. The number of rotatable bonds is 9. The number of phenols is 1.